The van der Waals surface area contributed by atoms with Crippen LogP contribution in [-0.4, -0.2) is 87.5 Å². The van der Waals surface area contributed by atoms with E-state index in [-0.39, 0.29) is 12.5 Å². The molecule has 1 fully saturated rings. The van der Waals surface area contributed by atoms with E-state index in [1.165, 1.54) is 295 Å². The number of hydrogen-bond acceptors (Lipinski definition) is 8. The second kappa shape index (κ2) is 61.5. The molecule has 478 valence electrons. The predicted molar refractivity (Wildman–Crippen MR) is 346 cm³/mol. The fourth-order valence-corrected chi connectivity index (χ4v) is 11.6. The topological polar surface area (TPSA) is 149 Å². The Balaban J connectivity index is 2.15. The van der Waals surface area contributed by atoms with E-state index in [1.54, 1.807) is 6.08 Å². The summed E-state index contributed by atoms with van der Waals surface area (Å²) < 4.78 is 11.3. The van der Waals surface area contributed by atoms with Gasteiger partial charge in [0.1, 0.15) is 24.4 Å². The molecule has 6 N–H and O–H groups in total. The molecular formula is C72H137NO8. The van der Waals surface area contributed by atoms with Crippen molar-refractivity contribution < 1.29 is 39.8 Å². The van der Waals surface area contributed by atoms with E-state index in [1.807, 2.05) is 6.08 Å². The summed E-state index contributed by atoms with van der Waals surface area (Å²) in [6.07, 6.45) is 75.5. The van der Waals surface area contributed by atoms with Gasteiger partial charge in [0.2, 0.25) is 5.91 Å². The van der Waals surface area contributed by atoms with Crippen LogP contribution in [0.15, 0.2) is 36.5 Å². The van der Waals surface area contributed by atoms with Crippen LogP contribution < -0.4 is 5.32 Å². The standard InChI is InChI=1S/C72H137NO8/c1-3-5-7-9-11-13-15-17-19-21-23-25-27-29-31-33-34-35-37-39-41-43-45-47-49-51-53-55-57-59-61-66(75)65(64-80-72-71(79)70(78)69(77)67(63-74)81-72)73-68(76)62-60-58-56-54-52-50-48-46-44-42-40-38-36-32-30-28-26-24-22-20-18-16-14-12-10-8-6-4-2/h43,45,51,53,59,61,65-67,69-72,74-75,77-79H,3-42,44,46-50,52,54-58,60,62-64H2,1-2H3,(H,73,76)/b45-43+,53-51+,61-59+. The molecule has 0 aliphatic carbocycles. The number of carbonyl (C=O) groups is 1. The number of amides is 1. The Morgan fingerprint density at radius 1 is 0.407 bits per heavy atom. The molecule has 7 atom stereocenters. The molecule has 0 spiro atoms. The molecule has 1 aliphatic rings. The fourth-order valence-electron chi connectivity index (χ4n) is 11.6. The van der Waals surface area contributed by atoms with Gasteiger partial charge in [-0.3, -0.25) is 4.79 Å². The number of aliphatic hydroxyl groups excluding tert-OH is 5. The third-order valence-corrected chi connectivity index (χ3v) is 17.2. The van der Waals surface area contributed by atoms with Crippen LogP contribution in [0.5, 0.6) is 0 Å². The van der Waals surface area contributed by atoms with E-state index in [0.717, 1.165) is 44.9 Å². The van der Waals surface area contributed by atoms with Crippen LogP contribution in [0.3, 0.4) is 0 Å². The zero-order valence-electron chi connectivity index (χ0n) is 53.6. The number of allylic oxidation sites excluding steroid dienone is 5. The van der Waals surface area contributed by atoms with E-state index < -0.39 is 49.5 Å². The lowest BCUT2D eigenvalue weighted by Crippen LogP contribution is -2.60. The minimum Gasteiger partial charge on any atom is -0.394 e. The van der Waals surface area contributed by atoms with Crippen LogP contribution >= 0.6 is 0 Å². The molecule has 0 aromatic rings. The molecule has 9 nitrogen and oxygen atoms in total. The second-order valence-corrected chi connectivity index (χ2v) is 25.0. The van der Waals surface area contributed by atoms with Crippen LogP contribution in [0, 0.1) is 0 Å². The van der Waals surface area contributed by atoms with Crippen molar-refractivity contribution in [3.63, 3.8) is 0 Å². The molecule has 1 heterocycles. The molecule has 1 amide bonds. The first-order valence-corrected chi connectivity index (χ1v) is 35.7. The number of nitrogens with one attached hydrogen (secondary N) is 1. The van der Waals surface area contributed by atoms with Crippen molar-refractivity contribution in [2.24, 2.45) is 0 Å². The molecule has 9 heteroatoms. The summed E-state index contributed by atoms with van der Waals surface area (Å²) in [4.78, 5) is 13.1. The van der Waals surface area contributed by atoms with Crippen molar-refractivity contribution in [3.05, 3.63) is 36.5 Å². The van der Waals surface area contributed by atoms with E-state index in [9.17, 15) is 30.3 Å². The quantitative estimate of drug-likeness (QED) is 0.0261. The smallest absolute Gasteiger partial charge is 0.220 e. The molecule has 1 saturated heterocycles. The first-order chi connectivity index (χ1) is 39.8. The van der Waals surface area contributed by atoms with Crippen molar-refractivity contribution >= 4 is 5.91 Å². The maximum Gasteiger partial charge on any atom is 0.220 e. The van der Waals surface area contributed by atoms with Crippen molar-refractivity contribution in [1.29, 1.82) is 0 Å². The zero-order valence-corrected chi connectivity index (χ0v) is 53.6. The van der Waals surface area contributed by atoms with Crippen LogP contribution in [0.4, 0.5) is 0 Å². The molecule has 0 bridgehead atoms. The molecular weight excluding hydrogens is 1010 g/mol. The number of ether oxygens (including phenoxy) is 2. The van der Waals surface area contributed by atoms with Crippen LogP contribution in [0.2, 0.25) is 0 Å². The average Bonchev–Trinajstić information content (AvgIpc) is 3.50. The molecule has 7 unspecified atom stereocenters. The molecule has 0 radical (unpaired) electrons. The predicted octanol–water partition coefficient (Wildman–Crippen LogP) is 19.4. The number of hydrogen-bond donors (Lipinski definition) is 6. The first kappa shape index (κ1) is 77.4. The Kier molecular flexibility index (Phi) is 58.8. The minimum atomic E-state index is -1.57. The van der Waals surface area contributed by atoms with Crippen molar-refractivity contribution in [2.75, 3.05) is 13.2 Å². The van der Waals surface area contributed by atoms with Gasteiger partial charge in [-0.15, -0.1) is 0 Å². The van der Waals surface area contributed by atoms with Crippen LogP contribution in [-0.2, 0) is 14.3 Å². The van der Waals surface area contributed by atoms with Gasteiger partial charge in [-0.25, -0.2) is 0 Å². The summed E-state index contributed by atoms with van der Waals surface area (Å²) >= 11 is 0. The third kappa shape index (κ3) is 50.3. The maximum atomic E-state index is 13.1. The average molecular weight is 1140 g/mol. The Morgan fingerprint density at radius 3 is 1.04 bits per heavy atom. The van der Waals surface area contributed by atoms with Crippen molar-refractivity contribution in [3.8, 4) is 0 Å². The highest BCUT2D eigenvalue weighted by molar-refractivity contribution is 5.76. The molecule has 1 rings (SSSR count). The lowest BCUT2D eigenvalue weighted by atomic mass is 9.99. The lowest BCUT2D eigenvalue weighted by molar-refractivity contribution is -0.302. The summed E-state index contributed by atoms with van der Waals surface area (Å²) in [5.74, 6) is -0.183. The normalized spacial score (nSPS) is 18.5. The minimum absolute atomic E-state index is 0.183. The van der Waals surface area contributed by atoms with Gasteiger partial charge in [0.05, 0.1) is 25.4 Å². The maximum absolute atomic E-state index is 13.1. The van der Waals surface area contributed by atoms with Crippen LogP contribution in [0.25, 0.3) is 0 Å². The van der Waals surface area contributed by atoms with E-state index >= 15 is 0 Å². The van der Waals surface area contributed by atoms with Crippen LogP contribution in [0.1, 0.15) is 361 Å². The lowest BCUT2D eigenvalue weighted by Gasteiger charge is -2.40. The van der Waals surface area contributed by atoms with Gasteiger partial charge in [0.25, 0.3) is 0 Å². The van der Waals surface area contributed by atoms with Crippen molar-refractivity contribution in [2.45, 2.75) is 403 Å². The molecule has 0 aromatic heterocycles. The second-order valence-electron chi connectivity index (χ2n) is 25.0. The van der Waals surface area contributed by atoms with Gasteiger partial charge in [-0.2, -0.15) is 0 Å². The molecule has 1 aliphatic heterocycles. The van der Waals surface area contributed by atoms with E-state index in [0.29, 0.717) is 6.42 Å². The fraction of sp³-hybridized carbons (Fsp3) is 0.903. The molecule has 81 heavy (non-hydrogen) atoms. The van der Waals surface area contributed by atoms with E-state index in [2.05, 4.69) is 43.5 Å². The Bertz CT molecular complexity index is 1370. The Morgan fingerprint density at radius 2 is 0.704 bits per heavy atom. The summed E-state index contributed by atoms with van der Waals surface area (Å²) in [7, 11) is 0. The van der Waals surface area contributed by atoms with Gasteiger partial charge in [-0.1, -0.05) is 346 Å². The molecule has 0 aromatic carbocycles. The summed E-state index contributed by atoms with van der Waals surface area (Å²) in [6.45, 7) is 3.82. The Labute approximate surface area is 501 Å². The summed E-state index contributed by atoms with van der Waals surface area (Å²) in [5.41, 5.74) is 0. The Hall–Kier alpha value is -1.59. The van der Waals surface area contributed by atoms with Gasteiger partial charge in [0, 0.05) is 6.42 Å². The summed E-state index contributed by atoms with van der Waals surface area (Å²) in [5, 5.41) is 54.7. The highest BCUT2D eigenvalue weighted by Crippen LogP contribution is 2.23. The molecule has 0 saturated carbocycles. The highest BCUT2D eigenvalue weighted by atomic mass is 16.7. The van der Waals surface area contributed by atoms with E-state index in [4.69, 9.17) is 9.47 Å². The zero-order chi connectivity index (χ0) is 58.6. The number of unbranched alkanes of at least 4 members (excludes halogenated alkanes) is 49. The summed E-state index contributed by atoms with van der Waals surface area (Å²) in [6, 6.07) is -0.828. The van der Waals surface area contributed by atoms with Crippen molar-refractivity contribution in [1.82, 2.24) is 5.32 Å². The monoisotopic (exact) mass is 1140 g/mol. The van der Waals surface area contributed by atoms with Gasteiger partial charge in [0.15, 0.2) is 6.29 Å². The number of carbonyl (C=O) groups excluding carboxylic acids is 1. The van der Waals surface area contributed by atoms with Gasteiger partial charge < -0.3 is 40.3 Å². The first-order valence-electron chi connectivity index (χ1n) is 35.7. The van der Waals surface area contributed by atoms with Gasteiger partial charge in [-0.05, 0) is 44.9 Å². The SMILES string of the molecule is CCCCCCCCCCCCCCCCCCCCCC/C=C/CC/C=C/CC/C=C/C(O)C(COC1OC(CO)C(O)C(O)C1O)NC(=O)CCCCCCCCCCCCCCCCCCCCCCCCCCCCCC. The largest absolute Gasteiger partial charge is 0.394 e. The third-order valence-electron chi connectivity index (χ3n) is 17.2. The highest BCUT2D eigenvalue weighted by Gasteiger charge is 2.44. The van der Waals surface area contributed by atoms with Gasteiger partial charge >= 0.3 is 0 Å². The number of rotatable bonds is 63. The number of aliphatic hydroxyl groups is 5.